The number of ether oxygens (including phenoxy) is 1. The quantitative estimate of drug-likeness (QED) is 0.622. The van der Waals surface area contributed by atoms with Crippen LogP contribution in [0.4, 0.5) is 0 Å². The van der Waals surface area contributed by atoms with Crippen molar-refractivity contribution in [2.75, 3.05) is 13.2 Å². The van der Waals surface area contributed by atoms with Gasteiger partial charge in [-0.05, 0) is 19.3 Å². The number of hydrogen-bond acceptors (Lipinski definition) is 4. The molecule has 0 aromatic rings. The summed E-state index contributed by atoms with van der Waals surface area (Å²) in [4.78, 5) is 11.7. The zero-order chi connectivity index (χ0) is 12.5. The molecule has 3 unspecified atom stereocenters. The first-order valence-corrected chi connectivity index (χ1v) is 6.38. The lowest BCUT2D eigenvalue weighted by atomic mass is 9.96. The molecule has 98 valence electrons. The number of aliphatic hydroxyl groups is 1. The minimum atomic E-state index is -0.936. The molecule has 1 saturated carbocycles. The second kappa shape index (κ2) is 4.92. The summed E-state index contributed by atoms with van der Waals surface area (Å²) in [6.45, 7) is 2.59. The third-order valence-corrected chi connectivity index (χ3v) is 3.85. The van der Waals surface area contributed by atoms with Gasteiger partial charge in [0.1, 0.15) is 5.60 Å². The molecular formula is C12H22N2O3. The first-order chi connectivity index (χ1) is 8.01. The van der Waals surface area contributed by atoms with Crippen molar-refractivity contribution in [2.24, 2.45) is 11.7 Å². The Balaban J connectivity index is 1.74. The van der Waals surface area contributed by atoms with Crippen LogP contribution in [0.25, 0.3) is 0 Å². The summed E-state index contributed by atoms with van der Waals surface area (Å²) in [6.07, 6.45) is 3.47. The fourth-order valence-corrected chi connectivity index (χ4v) is 2.19. The Hall–Kier alpha value is -0.650. The number of nitrogens with two attached hydrogens (primary N) is 1. The second-order valence-electron chi connectivity index (χ2n) is 5.37. The largest absolute Gasteiger partial charge is 0.385 e. The van der Waals surface area contributed by atoms with Crippen LogP contribution in [0.3, 0.4) is 0 Å². The molecule has 1 aliphatic carbocycles. The summed E-state index contributed by atoms with van der Waals surface area (Å²) in [6, 6.07) is -0.441. The molecule has 3 atom stereocenters. The van der Waals surface area contributed by atoms with Gasteiger partial charge in [0.2, 0.25) is 5.91 Å². The van der Waals surface area contributed by atoms with E-state index in [-0.39, 0.29) is 18.6 Å². The molecule has 5 nitrogen and oxygen atoms in total. The van der Waals surface area contributed by atoms with Crippen LogP contribution in [-0.4, -0.2) is 41.9 Å². The standard InChI is InChI=1S/C12H22N2O3/c1-8-12(16,4-5-17-8)7-14-11(15)10(13)6-9-2-3-9/h8-10,16H,2-7,13H2,1H3,(H,14,15). The van der Waals surface area contributed by atoms with E-state index < -0.39 is 11.6 Å². The predicted molar refractivity (Wildman–Crippen MR) is 63.3 cm³/mol. The highest BCUT2D eigenvalue weighted by molar-refractivity contribution is 5.81. The molecule has 5 heteroatoms. The molecule has 0 bridgehead atoms. The van der Waals surface area contributed by atoms with Gasteiger partial charge in [-0.2, -0.15) is 0 Å². The number of rotatable bonds is 5. The number of carbonyl (C=O) groups is 1. The molecule has 2 rings (SSSR count). The van der Waals surface area contributed by atoms with Crippen LogP contribution in [0.15, 0.2) is 0 Å². The first kappa shape index (κ1) is 12.8. The highest BCUT2D eigenvalue weighted by Crippen LogP contribution is 2.33. The molecule has 2 fully saturated rings. The van der Waals surface area contributed by atoms with Crippen LogP contribution in [0, 0.1) is 5.92 Å². The van der Waals surface area contributed by atoms with Crippen molar-refractivity contribution in [1.29, 1.82) is 0 Å². The zero-order valence-corrected chi connectivity index (χ0v) is 10.3. The van der Waals surface area contributed by atoms with Crippen molar-refractivity contribution in [3.8, 4) is 0 Å². The molecule has 4 N–H and O–H groups in total. The fourth-order valence-electron chi connectivity index (χ4n) is 2.19. The first-order valence-electron chi connectivity index (χ1n) is 6.38. The third-order valence-electron chi connectivity index (χ3n) is 3.85. The molecule has 1 heterocycles. The van der Waals surface area contributed by atoms with E-state index >= 15 is 0 Å². The summed E-state index contributed by atoms with van der Waals surface area (Å²) in [5.74, 6) is 0.469. The van der Waals surface area contributed by atoms with Crippen molar-refractivity contribution in [2.45, 2.75) is 50.4 Å². The molecule has 17 heavy (non-hydrogen) atoms. The minimum Gasteiger partial charge on any atom is -0.385 e. The fraction of sp³-hybridized carbons (Fsp3) is 0.917. The van der Waals surface area contributed by atoms with E-state index in [4.69, 9.17) is 10.5 Å². The van der Waals surface area contributed by atoms with E-state index in [1.54, 1.807) is 0 Å². The maximum absolute atomic E-state index is 11.7. The Morgan fingerprint density at radius 3 is 2.88 bits per heavy atom. The maximum atomic E-state index is 11.7. The number of amides is 1. The molecule has 0 radical (unpaired) electrons. The van der Waals surface area contributed by atoms with Gasteiger partial charge in [-0.1, -0.05) is 12.8 Å². The lowest BCUT2D eigenvalue weighted by Gasteiger charge is -2.26. The Morgan fingerprint density at radius 1 is 1.65 bits per heavy atom. The van der Waals surface area contributed by atoms with Gasteiger partial charge in [0.25, 0.3) is 0 Å². The van der Waals surface area contributed by atoms with Gasteiger partial charge in [0.05, 0.1) is 12.1 Å². The molecule has 0 aromatic heterocycles. The van der Waals surface area contributed by atoms with E-state index in [0.717, 1.165) is 6.42 Å². The highest BCUT2D eigenvalue weighted by Gasteiger charge is 2.40. The van der Waals surface area contributed by atoms with Crippen molar-refractivity contribution in [3.63, 3.8) is 0 Å². The number of nitrogens with one attached hydrogen (secondary N) is 1. The predicted octanol–water partition coefficient (Wildman–Crippen LogP) is -0.230. The van der Waals surface area contributed by atoms with Crippen LogP contribution in [-0.2, 0) is 9.53 Å². The Morgan fingerprint density at radius 2 is 2.35 bits per heavy atom. The van der Waals surface area contributed by atoms with Crippen molar-refractivity contribution < 1.29 is 14.6 Å². The van der Waals surface area contributed by atoms with Crippen LogP contribution in [0.5, 0.6) is 0 Å². The van der Waals surface area contributed by atoms with E-state index in [0.29, 0.717) is 18.9 Å². The zero-order valence-electron chi connectivity index (χ0n) is 10.3. The summed E-state index contributed by atoms with van der Waals surface area (Å²) in [5, 5.41) is 12.9. The van der Waals surface area contributed by atoms with Crippen molar-refractivity contribution in [1.82, 2.24) is 5.32 Å². The van der Waals surface area contributed by atoms with Crippen LogP contribution < -0.4 is 11.1 Å². The molecule has 2 aliphatic rings. The lowest BCUT2D eigenvalue weighted by molar-refractivity contribution is -0.124. The second-order valence-corrected chi connectivity index (χ2v) is 5.37. The average Bonchev–Trinajstić information content (AvgIpc) is 3.03. The van der Waals surface area contributed by atoms with E-state index in [2.05, 4.69) is 5.32 Å². The van der Waals surface area contributed by atoms with E-state index in [1.165, 1.54) is 12.8 Å². The Kier molecular flexibility index (Phi) is 3.70. The van der Waals surface area contributed by atoms with Gasteiger partial charge >= 0.3 is 0 Å². The van der Waals surface area contributed by atoms with Gasteiger partial charge in [0.15, 0.2) is 0 Å². The maximum Gasteiger partial charge on any atom is 0.237 e. The number of hydrogen-bond donors (Lipinski definition) is 3. The number of carbonyl (C=O) groups excluding carboxylic acids is 1. The van der Waals surface area contributed by atoms with E-state index in [1.807, 2.05) is 6.92 Å². The van der Waals surface area contributed by atoms with Gasteiger partial charge in [-0.25, -0.2) is 0 Å². The summed E-state index contributed by atoms with van der Waals surface area (Å²) in [7, 11) is 0. The lowest BCUT2D eigenvalue weighted by Crippen LogP contribution is -2.51. The monoisotopic (exact) mass is 242 g/mol. The molecule has 0 aromatic carbocycles. The van der Waals surface area contributed by atoms with E-state index in [9.17, 15) is 9.90 Å². The summed E-state index contributed by atoms with van der Waals surface area (Å²) in [5.41, 5.74) is 4.86. The minimum absolute atomic E-state index is 0.163. The SMILES string of the molecule is CC1OCCC1(O)CNC(=O)C(N)CC1CC1. The van der Waals surface area contributed by atoms with Crippen LogP contribution in [0.1, 0.15) is 32.6 Å². The summed E-state index contributed by atoms with van der Waals surface area (Å²) >= 11 is 0. The van der Waals surface area contributed by atoms with Crippen LogP contribution in [0.2, 0.25) is 0 Å². The average molecular weight is 242 g/mol. The summed E-state index contributed by atoms with van der Waals surface area (Å²) < 4.78 is 5.30. The smallest absolute Gasteiger partial charge is 0.237 e. The Labute approximate surface area is 102 Å². The Bertz CT molecular complexity index is 293. The van der Waals surface area contributed by atoms with Crippen molar-refractivity contribution >= 4 is 5.91 Å². The van der Waals surface area contributed by atoms with Gasteiger partial charge in [0, 0.05) is 19.6 Å². The van der Waals surface area contributed by atoms with Crippen molar-refractivity contribution in [3.05, 3.63) is 0 Å². The molecule has 1 amide bonds. The molecule has 0 spiro atoms. The normalized spacial score (nSPS) is 34.6. The topological polar surface area (TPSA) is 84.6 Å². The van der Waals surface area contributed by atoms with Gasteiger partial charge in [-0.3, -0.25) is 4.79 Å². The molecule has 1 saturated heterocycles. The van der Waals surface area contributed by atoms with Crippen LogP contribution >= 0.6 is 0 Å². The molecular weight excluding hydrogens is 220 g/mol. The van der Waals surface area contributed by atoms with Gasteiger partial charge < -0.3 is 20.9 Å². The van der Waals surface area contributed by atoms with Gasteiger partial charge in [-0.15, -0.1) is 0 Å². The highest BCUT2D eigenvalue weighted by atomic mass is 16.5. The third kappa shape index (κ3) is 3.18. The molecule has 1 aliphatic heterocycles.